The molecule has 0 atom stereocenters. The lowest BCUT2D eigenvalue weighted by atomic mass is 10.2. The van der Waals surface area contributed by atoms with E-state index in [1.807, 2.05) is 0 Å². The number of hydrogen-bond donors (Lipinski definition) is 1. The fourth-order valence-electron chi connectivity index (χ4n) is 1.33. The van der Waals surface area contributed by atoms with Gasteiger partial charge < -0.3 is 0 Å². The smallest absolute Gasteiger partial charge is 0.239 e. The van der Waals surface area contributed by atoms with Crippen molar-refractivity contribution in [3.05, 3.63) is 53.3 Å². The summed E-state index contributed by atoms with van der Waals surface area (Å²) in [5.74, 6) is -0.0888. The molecule has 7 heteroatoms. The average molecular weight is 284 g/mol. The molecule has 1 aromatic carbocycles. The van der Waals surface area contributed by atoms with Crippen LogP contribution >= 0.6 is 11.6 Å². The maximum atomic E-state index is 11.8. The molecule has 0 saturated heterocycles. The lowest BCUT2D eigenvalue weighted by molar-refractivity contribution is 0.600. The third-order valence-corrected chi connectivity index (χ3v) is 3.54. The number of nitrogens with one attached hydrogen (secondary N) is 1. The Morgan fingerprint density at radius 1 is 1.11 bits per heavy atom. The van der Waals surface area contributed by atoms with Gasteiger partial charge in [0.25, 0.3) is 0 Å². The number of anilines is 1. The zero-order valence-electron chi connectivity index (χ0n) is 9.25. The van der Waals surface area contributed by atoms with Gasteiger partial charge >= 0.3 is 0 Å². The second kappa shape index (κ2) is 5.32. The lowest BCUT2D eigenvalue weighted by Gasteiger charge is -2.06. The topological polar surface area (TPSA) is 72.0 Å². The van der Waals surface area contributed by atoms with Crippen molar-refractivity contribution in [2.24, 2.45) is 0 Å². The molecule has 0 aliphatic rings. The van der Waals surface area contributed by atoms with Crippen LogP contribution in [0, 0.1) is 0 Å². The molecule has 0 spiro atoms. The van der Waals surface area contributed by atoms with Crippen molar-refractivity contribution in [3.63, 3.8) is 0 Å². The Labute approximate surface area is 110 Å². The van der Waals surface area contributed by atoms with Gasteiger partial charge in [0.15, 0.2) is 0 Å². The van der Waals surface area contributed by atoms with E-state index in [-0.39, 0.29) is 11.7 Å². The summed E-state index contributed by atoms with van der Waals surface area (Å²) in [6.45, 7) is 0. The van der Waals surface area contributed by atoms with Crippen molar-refractivity contribution in [2.75, 3.05) is 4.72 Å². The van der Waals surface area contributed by atoms with Crippen molar-refractivity contribution in [2.45, 2.75) is 5.75 Å². The minimum atomic E-state index is -3.52. The molecule has 94 valence electrons. The van der Waals surface area contributed by atoms with Gasteiger partial charge in [-0.3, -0.25) is 4.72 Å². The van der Waals surface area contributed by atoms with Gasteiger partial charge in [0, 0.05) is 17.4 Å². The summed E-state index contributed by atoms with van der Waals surface area (Å²) in [5.41, 5.74) is 0.642. The second-order valence-electron chi connectivity index (χ2n) is 3.56. The Balaban J connectivity index is 2.10. The predicted octanol–water partition coefficient (Wildman–Crippen LogP) is 2.07. The van der Waals surface area contributed by atoms with Gasteiger partial charge in [0.1, 0.15) is 0 Å². The Hall–Kier alpha value is -1.66. The third kappa shape index (κ3) is 3.68. The van der Waals surface area contributed by atoms with Gasteiger partial charge in [-0.25, -0.2) is 18.4 Å². The summed E-state index contributed by atoms with van der Waals surface area (Å²) < 4.78 is 26.0. The Morgan fingerprint density at radius 2 is 1.72 bits per heavy atom. The summed E-state index contributed by atoms with van der Waals surface area (Å²) in [6, 6.07) is 8.22. The summed E-state index contributed by atoms with van der Waals surface area (Å²) in [7, 11) is -3.52. The van der Waals surface area contributed by atoms with Crippen molar-refractivity contribution in [1.29, 1.82) is 0 Å². The zero-order chi connectivity index (χ0) is 13.0. The number of benzene rings is 1. The molecule has 2 aromatic rings. The van der Waals surface area contributed by atoms with Crippen molar-refractivity contribution in [1.82, 2.24) is 9.97 Å². The molecular weight excluding hydrogens is 274 g/mol. The standard InChI is InChI=1S/C11H10ClN3O2S/c12-10-4-2-9(3-5-10)8-18(16,17)15-11-13-6-1-7-14-11/h1-7H,8H2,(H,13,14,15). The molecule has 0 amide bonds. The monoisotopic (exact) mass is 283 g/mol. The van der Waals surface area contributed by atoms with E-state index in [0.29, 0.717) is 10.6 Å². The van der Waals surface area contributed by atoms with E-state index in [1.54, 1.807) is 30.3 Å². The maximum absolute atomic E-state index is 11.8. The molecule has 0 fully saturated rings. The molecule has 0 unspecified atom stereocenters. The summed E-state index contributed by atoms with van der Waals surface area (Å²) in [6.07, 6.45) is 2.93. The van der Waals surface area contributed by atoms with E-state index in [0.717, 1.165) is 0 Å². The highest BCUT2D eigenvalue weighted by atomic mass is 35.5. The molecule has 1 heterocycles. The van der Waals surface area contributed by atoms with Gasteiger partial charge in [-0.2, -0.15) is 0 Å². The van der Waals surface area contributed by atoms with Crippen LogP contribution in [0.15, 0.2) is 42.7 Å². The normalized spacial score (nSPS) is 11.2. The molecule has 5 nitrogen and oxygen atoms in total. The molecule has 0 bridgehead atoms. The molecule has 0 saturated carbocycles. The van der Waals surface area contributed by atoms with Crippen molar-refractivity contribution < 1.29 is 8.42 Å². The van der Waals surface area contributed by atoms with Gasteiger partial charge in [0.2, 0.25) is 16.0 Å². The second-order valence-corrected chi connectivity index (χ2v) is 5.72. The quantitative estimate of drug-likeness (QED) is 0.932. The minimum Gasteiger partial charge on any atom is -0.251 e. The van der Waals surface area contributed by atoms with E-state index in [4.69, 9.17) is 11.6 Å². The van der Waals surface area contributed by atoms with Gasteiger partial charge in [-0.05, 0) is 23.8 Å². The maximum Gasteiger partial charge on any atom is 0.239 e. The van der Waals surface area contributed by atoms with E-state index < -0.39 is 10.0 Å². The first-order valence-corrected chi connectivity index (χ1v) is 7.10. The number of halogens is 1. The van der Waals surface area contributed by atoms with Gasteiger partial charge in [0.05, 0.1) is 5.75 Å². The highest BCUT2D eigenvalue weighted by molar-refractivity contribution is 7.91. The average Bonchev–Trinajstić information content (AvgIpc) is 2.32. The van der Waals surface area contributed by atoms with Crippen LogP contribution in [-0.4, -0.2) is 18.4 Å². The Bertz CT molecular complexity index is 614. The van der Waals surface area contributed by atoms with Gasteiger partial charge in [-0.15, -0.1) is 0 Å². The van der Waals surface area contributed by atoms with Crippen LogP contribution in [0.1, 0.15) is 5.56 Å². The molecule has 1 aromatic heterocycles. The third-order valence-electron chi connectivity index (χ3n) is 2.08. The Kier molecular flexibility index (Phi) is 3.78. The lowest BCUT2D eigenvalue weighted by Crippen LogP contribution is -2.16. The number of nitrogens with zero attached hydrogens (tertiary/aromatic N) is 2. The van der Waals surface area contributed by atoms with Crippen LogP contribution in [0.3, 0.4) is 0 Å². The molecule has 0 aliphatic carbocycles. The fraction of sp³-hybridized carbons (Fsp3) is 0.0909. The predicted molar refractivity (Wildman–Crippen MR) is 69.7 cm³/mol. The van der Waals surface area contributed by atoms with Crippen LogP contribution in [0.2, 0.25) is 5.02 Å². The molecule has 0 aliphatic heterocycles. The fourth-order valence-corrected chi connectivity index (χ4v) is 2.54. The van der Waals surface area contributed by atoms with Crippen LogP contribution in [-0.2, 0) is 15.8 Å². The SMILES string of the molecule is O=S(=O)(Cc1ccc(Cl)cc1)Nc1ncccn1. The molecule has 2 rings (SSSR count). The number of aromatic nitrogens is 2. The zero-order valence-corrected chi connectivity index (χ0v) is 10.8. The highest BCUT2D eigenvalue weighted by Gasteiger charge is 2.12. The van der Waals surface area contributed by atoms with E-state index in [1.165, 1.54) is 12.4 Å². The number of hydrogen-bond acceptors (Lipinski definition) is 4. The minimum absolute atomic E-state index is 0.0615. The van der Waals surface area contributed by atoms with E-state index in [2.05, 4.69) is 14.7 Å². The summed E-state index contributed by atoms with van der Waals surface area (Å²) >= 11 is 5.73. The van der Waals surface area contributed by atoms with E-state index in [9.17, 15) is 8.42 Å². The van der Waals surface area contributed by atoms with Crippen LogP contribution in [0.4, 0.5) is 5.95 Å². The summed E-state index contributed by atoms with van der Waals surface area (Å²) in [4.78, 5) is 7.59. The Morgan fingerprint density at radius 3 is 2.33 bits per heavy atom. The van der Waals surface area contributed by atoms with Crippen LogP contribution in [0.25, 0.3) is 0 Å². The van der Waals surface area contributed by atoms with Crippen molar-refractivity contribution >= 4 is 27.6 Å². The van der Waals surface area contributed by atoms with Crippen LogP contribution in [0.5, 0.6) is 0 Å². The first kappa shape index (κ1) is 12.8. The number of rotatable bonds is 4. The van der Waals surface area contributed by atoms with Crippen LogP contribution < -0.4 is 4.72 Å². The highest BCUT2D eigenvalue weighted by Crippen LogP contribution is 2.12. The first-order chi connectivity index (χ1) is 8.55. The largest absolute Gasteiger partial charge is 0.251 e. The first-order valence-electron chi connectivity index (χ1n) is 5.07. The summed E-state index contributed by atoms with van der Waals surface area (Å²) in [5, 5.41) is 0.565. The van der Waals surface area contributed by atoms with E-state index >= 15 is 0 Å². The molecular formula is C11H10ClN3O2S. The van der Waals surface area contributed by atoms with Crippen molar-refractivity contribution in [3.8, 4) is 0 Å². The molecule has 1 N–H and O–H groups in total. The number of sulfonamides is 1. The molecule has 0 radical (unpaired) electrons. The van der Waals surface area contributed by atoms with Gasteiger partial charge in [-0.1, -0.05) is 23.7 Å². The molecule has 18 heavy (non-hydrogen) atoms.